The summed E-state index contributed by atoms with van der Waals surface area (Å²) in [5.41, 5.74) is 5.33. The van der Waals surface area contributed by atoms with Crippen molar-refractivity contribution in [1.29, 1.82) is 0 Å². The summed E-state index contributed by atoms with van der Waals surface area (Å²) in [6.07, 6.45) is -4.84. The first kappa shape index (κ1) is 17.8. The number of benzene rings is 1. The normalized spacial score (nSPS) is 18.1. The molecule has 0 amide bonds. The number of esters is 1. The lowest BCUT2D eigenvalue weighted by Gasteiger charge is -2.32. The first-order valence-corrected chi connectivity index (χ1v) is 6.85. The first-order chi connectivity index (χ1) is 11.1. The Morgan fingerprint density at radius 2 is 1.88 bits per heavy atom. The van der Waals surface area contributed by atoms with Gasteiger partial charge in [-0.15, -0.1) is 0 Å². The lowest BCUT2D eigenvalue weighted by molar-refractivity contribution is -0.138. The van der Waals surface area contributed by atoms with Crippen LogP contribution in [0.5, 0.6) is 0 Å². The molecule has 130 valence electrons. The molecule has 24 heavy (non-hydrogen) atoms. The monoisotopic (exact) mass is 343 g/mol. The topological polar surface area (TPSA) is 88.2 Å². The predicted octanol–water partition coefficient (Wildman–Crippen LogP) is 1.83. The summed E-state index contributed by atoms with van der Waals surface area (Å²) < 4.78 is 43.2. The molecule has 9 heteroatoms. The van der Waals surface area contributed by atoms with Gasteiger partial charge in [-0.3, -0.25) is 0 Å². The summed E-state index contributed by atoms with van der Waals surface area (Å²) in [6.45, 7) is 2.94. The van der Waals surface area contributed by atoms with E-state index in [1.807, 2.05) is 0 Å². The molecule has 0 saturated carbocycles. The quantitative estimate of drug-likeness (QED) is 0.800. The van der Waals surface area contributed by atoms with Crippen LogP contribution in [0, 0.1) is 13.8 Å². The number of aryl methyl sites for hydroxylation is 2. The van der Waals surface area contributed by atoms with Crippen molar-refractivity contribution in [1.82, 2.24) is 0 Å². The third kappa shape index (κ3) is 3.07. The lowest BCUT2D eigenvalue weighted by atomic mass is 10.0. The van der Waals surface area contributed by atoms with E-state index < -0.39 is 23.9 Å². The van der Waals surface area contributed by atoms with Crippen LogP contribution >= 0.6 is 0 Å². The van der Waals surface area contributed by atoms with Crippen LogP contribution in [0.1, 0.15) is 16.7 Å². The molecule has 1 heterocycles. The maximum absolute atomic E-state index is 12.9. The van der Waals surface area contributed by atoms with Crippen molar-refractivity contribution in [3.63, 3.8) is 0 Å². The zero-order chi connectivity index (χ0) is 18.2. The van der Waals surface area contributed by atoms with Crippen molar-refractivity contribution < 1.29 is 27.8 Å². The Balaban J connectivity index is 2.51. The van der Waals surface area contributed by atoms with Crippen molar-refractivity contribution in [2.24, 2.45) is 10.7 Å². The van der Waals surface area contributed by atoms with Crippen LogP contribution in [0.4, 0.5) is 18.9 Å². The molecule has 2 rings (SSSR count). The molecule has 1 unspecified atom stereocenters. The number of halogens is 3. The zero-order valence-electron chi connectivity index (χ0n) is 13.2. The third-order valence-electron chi connectivity index (χ3n) is 3.60. The van der Waals surface area contributed by atoms with Gasteiger partial charge in [0.1, 0.15) is 11.4 Å². The lowest BCUT2D eigenvalue weighted by Crippen LogP contribution is -2.43. The molecule has 0 fully saturated rings. The molecule has 1 aliphatic heterocycles. The molecule has 1 aliphatic rings. The molecule has 1 aromatic rings. The third-order valence-corrected chi connectivity index (χ3v) is 3.60. The van der Waals surface area contributed by atoms with Gasteiger partial charge in [0, 0.05) is 0 Å². The van der Waals surface area contributed by atoms with Gasteiger partial charge in [0.2, 0.25) is 0 Å². The van der Waals surface area contributed by atoms with Crippen molar-refractivity contribution in [3.05, 3.63) is 40.2 Å². The highest BCUT2D eigenvalue weighted by molar-refractivity contribution is 5.96. The van der Waals surface area contributed by atoms with Gasteiger partial charge < -0.3 is 20.5 Å². The van der Waals surface area contributed by atoms with Crippen LogP contribution in [0.25, 0.3) is 0 Å². The van der Waals surface area contributed by atoms with Gasteiger partial charge >= 0.3 is 12.1 Å². The van der Waals surface area contributed by atoms with E-state index in [4.69, 9.17) is 5.73 Å². The molecule has 0 aliphatic carbocycles. The Morgan fingerprint density at radius 1 is 1.33 bits per heavy atom. The molecule has 0 radical (unpaired) electrons. The van der Waals surface area contributed by atoms with Gasteiger partial charge in [-0.25, -0.2) is 9.79 Å². The SMILES string of the molecule is COC(=O)C1=C(N)N=CN(c2c(C)cc(C(F)(F)F)cc2C)C1O. The van der Waals surface area contributed by atoms with Crippen LogP contribution < -0.4 is 10.6 Å². The number of hydrogen-bond acceptors (Lipinski definition) is 6. The number of rotatable bonds is 2. The highest BCUT2D eigenvalue weighted by Crippen LogP contribution is 2.36. The minimum absolute atomic E-state index is 0.215. The van der Waals surface area contributed by atoms with E-state index in [9.17, 15) is 23.1 Å². The van der Waals surface area contributed by atoms with Gasteiger partial charge in [0.05, 0.1) is 24.7 Å². The first-order valence-electron chi connectivity index (χ1n) is 6.85. The maximum atomic E-state index is 12.9. The van der Waals surface area contributed by atoms with Crippen molar-refractivity contribution in [2.75, 3.05) is 12.0 Å². The number of alkyl halides is 3. The number of nitrogens with two attached hydrogens (primary N) is 1. The fraction of sp³-hybridized carbons (Fsp3) is 0.333. The summed E-state index contributed by atoms with van der Waals surface area (Å²) >= 11 is 0. The van der Waals surface area contributed by atoms with Crippen LogP contribution in [0.15, 0.2) is 28.5 Å². The van der Waals surface area contributed by atoms with Gasteiger partial charge in [-0.2, -0.15) is 13.2 Å². The number of carbonyl (C=O) groups is 1. The fourth-order valence-corrected chi connectivity index (χ4v) is 2.56. The summed E-state index contributed by atoms with van der Waals surface area (Å²) in [4.78, 5) is 16.7. The van der Waals surface area contributed by atoms with Gasteiger partial charge in [0.15, 0.2) is 6.23 Å². The number of aliphatic hydroxyl groups is 1. The molecule has 1 aromatic carbocycles. The second-order valence-corrected chi connectivity index (χ2v) is 5.27. The largest absolute Gasteiger partial charge is 0.465 e. The summed E-state index contributed by atoms with van der Waals surface area (Å²) in [6, 6.07) is 1.92. The van der Waals surface area contributed by atoms with E-state index in [0.717, 1.165) is 25.6 Å². The molecule has 0 aromatic heterocycles. The fourth-order valence-electron chi connectivity index (χ4n) is 2.56. The molecule has 3 N–H and O–H groups in total. The molecule has 0 spiro atoms. The van der Waals surface area contributed by atoms with Crippen LogP contribution in [-0.2, 0) is 15.7 Å². The van der Waals surface area contributed by atoms with Crippen LogP contribution in [0.2, 0.25) is 0 Å². The number of hydrogen-bond donors (Lipinski definition) is 2. The maximum Gasteiger partial charge on any atom is 0.416 e. The molecular weight excluding hydrogens is 327 g/mol. The average molecular weight is 343 g/mol. The van der Waals surface area contributed by atoms with E-state index >= 15 is 0 Å². The molecule has 0 saturated heterocycles. The number of aliphatic hydroxyl groups excluding tert-OH is 1. The minimum atomic E-state index is -4.48. The second kappa shape index (κ2) is 6.16. The van der Waals surface area contributed by atoms with Crippen molar-refractivity contribution in [3.8, 4) is 0 Å². The Bertz CT molecular complexity index is 718. The molecular formula is C15H16F3N3O3. The molecule has 0 bridgehead atoms. The number of aliphatic imine (C=N–C) groups is 1. The smallest absolute Gasteiger partial charge is 0.416 e. The molecule has 1 atom stereocenters. The van der Waals surface area contributed by atoms with E-state index in [-0.39, 0.29) is 22.5 Å². The Morgan fingerprint density at radius 3 is 2.33 bits per heavy atom. The number of methoxy groups -OCH3 is 1. The minimum Gasteiger partial charge on any atom is -0.465 e. The predicted molar refractivity (Wildman–Crippen MR) is 81.1 cm³/mol. The molecule has 6 nitrogen and oxygen atoms in total. The number of nitrogens with zero attached hydrogens (tertiary/aromatic N) is 2. The number of anilines is 1. The highest BCUT2D eigenvalue weighted by Gasteiger charge is 2.35. The van der Waals surface area contributed by atoms with Crippen molar-refractivity contribution in [2.45, 2.75) is 26.3 Å². The van der Waals surface area contributed by atoms with E-state index in [0.29, 0.717) is 5.69 Å². The summed E-state index contributed by atoms with van der Waals surface area (Å²) in [5.74, 6) is -1.09. The standard InChI is InChI=1S/C15H16F3N3O3/c1-7-4-9(15(16,17)18)5-8(2)11(7)21-6-20-12(19)10(13(21)22)14(23)24-3/h4-6,13,22H,19H2,1-3H3. The van der Waals surface area contributed by atoms with Crippen LogP contribution in [0.3, 0.4) is 0 Å². The van der Waals surface area contributed by atoms with E-state index in [1.54, 1.807) is 0 Å². The van der Waals surface area contributed by atoms with Gasteiger partial charge in [0.25, 0.3) is 0 Å². The number of carbonyl (C=O) groups excluding carboxylic acids is 1. The van der Waals surface area contributed by atoms with Gasteiger partial charge in [-0.05, 0) is 37.1 Å². The van der Waals surface area contributed by atoms with Crippen LogP contribution in [-0.4, -0.2) is 30.8 Å². The number of ether oxygens (including phenoxy) is 1. The summed E-state index contributed by atoms with van der Waals surface area (Å²) in [5, 5.41) is 10.4. The Kier molecular flexibility index (Phi) is 4.57. The zero-order valence-corrected chi connectivity index (χ0v) is 13.2. The average Bonchev–Trinajstić information content (AvgIpc) is 2.47. The van der Waals surface area contributed by atoms with Gasteiger partial charge in [-0.1, -0.05) is 0 Å². The van der Waals surface area contributed by atoms with E-state index in [1.165, 1.54) is 18.7 Å². The summed E-state index contributed by atoms with van der Waals surface area (Å²) in [7, 11) is 1.12. The Labute approximate surface area is 136 Å². The second-order valence-electron chi connectivity index (χ2n) is 5.27. The van der Waals surface area contributed by atoms with E-state index in [2.05, 4.69) is 9.73 Å². The Hall–Kier alpha value is -2.55. The highest BCUT2D eigenvalue weighted by atomic mass is 19.4. The van der Waals surface area contributed by atoms with Crippen molar-refractivity contribution >= 4 is 18.0 Å².